The molecule has 1 aliphatic rings. The number of rotatable bonds is 6. The fourth-order valence-electron chi connectivity index (χ4n) is 3.81. The number of aryl methyl sites for hydroxylation is 1. The summed E-state index contributed by atoms with van der Waals surface area (Å²) in [5.41, 5.74) is 2.37. The van der Waals surface area contributed by atoms with Gasteiger partial charge in [-0.05, 0) is 48.6 Å². The number of aromatic nitrogens is 2. The monoisotopic (exact) mass is 456 g/mol. The molecular formula is C19H18F2N2O5S2. The van der Waals surface area contributed by atoms with E-state index in [0.29, 0.717) is 35.0 Å². The van der Waals surface area contributed by atoms with Crippen LogP contribution in [0.15, 0.2) is 35.2 Å². The Morgan fingerprint density at radius 1 is 1.27 bits per heavy atom. The maximum Gasteiger partial charge on any atom is 0.388 e. The second-order valence-electron chi connectivity index (χ2n) is 7.31. The molecule has 1 fully saturated rings. The fraction of sp³-hybridized carbons (Fsp3) is 0.316. The third kappa shape index (κ3) is 3.40. The summed E-state index contributed by atoms with van der Waals surface area (Å²) in [5.74, 6) is -0.405. The van der Waals surface area contributed by atoms with Crippen molar-refractivity contribution in [3.05, 3.63) is 41.5 Å². The minimum absolute atomic E-state index is 0.0606. The van der Waals surface area contributed by atoms with Crippen LogP contribution >= 0.6 is 0 Å². The van der Waals surface area contributed by atoms with Crippen LogP contribution < -0.4 is 4.74 Å². The maximum atomic E-state index is 12.9. The minimum atomic E-state index is -3.72. The first-order chi connectivity index (χ1) is 14.0. The van der Waals surface area contributed by atoms with Gasteiger partial charge in [0.05, 0.1) is 20.5 Å². The maximum absolute atomic E-state index is 12.9. The van der Waals surface area contributed by atoms with Gasteiger partial charge in [-0.25, -0.2) is 12.6 Å². The Bertz CT molecular complexity index is 1280. The first-order valence-electron chi connectivity index (χ1n) is 8.93. The summed E-state index contributed by atoms with van der Waals surface area (Å²) in [5, 5.41) is 6.47. The second kappa shape index (κ2) is 7.10. The highest BCUT2D eigenvalue weighted by Gasteiger charge is 2.51. The molecule has 1 atom stereocenters. The van der Waals surface area contributed by atoms with Crippen molar-refractivity contribution in [3.63, 3.8) is 0 Å². The summed E-state index contributed by atoms with van der Waals surface area (Å²) in [6.07, 6.45) is 2.18. The molecule has 1 unspecified atom stereocenters. The number of H-pyrrole nitrogens is 1. The normalized spacial score (nSPS) is 16.7. The molecule has 1 heterocycles. The highest BCUT2D eigenvalue weighted by Crippen LogP contribution is 2.52. The largest absolute Gasteiger partial charge is 0.415 e. The van der Waals surface area contributed by atoms with Crippen LogP contribution in [0, 0.1) is 6.92 Å². The number of sulfone groups is 1. The third-order valence-electron chi connectivity index (χ3n) is 5.30. The summed E-state index contributed by atoms with van der Waals surface area (Å²) in [6, 6.07) is 7.81. The van der Waals surface area contributed by atoms with Gasteiger partial charge in [-0.2, -0.15) is 8.78 Å². The average Bonchev–Trinajstić information content (AvgIpc) is 3.36. The van der Waals surface area contributed by atoms with Gasteiger partial charge in [0, 0.05) is 11.8 Å². The van der Waals surface area contributed by atoms with Crippen LogP contribution in [0.4, 0.5) is 8.78 Å². The van der Waals surface area contributed by atoms with E-state index in [-0.39, 0.29) is 15.8 Å². The first kappa shape index (κ1) is 20.9. The van der Waals surface area contributed by atoms with Gasteiger partial charge in [0.1, 0.15) is 0 Å². The lowest BCUT2D eigenvalue weighted by Crippen LogP contribution is -2.15. The van der Waals surface area contributed by atoms with Crippen LogP contribution in [0.1, 0.15) is 24.0 Å². The molecule has 2 aromatic carbocycles. The van der Waals surface area contributed by atoms with Gasteiger partial charge in [0.25, 0.3) is 0 Å². The summed E-state index contributed by atoms with van der Waals surface area (Å²) < 4.78 is 75.8. The van der Waals surface area contributed by atoms with E-state index >= 15 is 0 Å². The number of hydrogen-bond donors (Lipinski definition) is 2. The third-order valence-corrected chi connectivity index (χ3v) is 7.74. The Balaban J connectivity index is 1.98. The van der Waals surface area contributed by atoms with Crippen LogP contribution in [0.25, 0.3) is 22.0 Å². The van der Waals surface area contributed by atoms with Crippen molar-refractivity contribution in [2.24, 2.45) is 0 Å². The van der Waals surface area contributed by atoms with Gasteiger partial charge >= 0.3 is 6.61 Å². The lowest BCUT2D eigenvalue weighted by molar-refractivity contribution is -0.0518. The van der Waals surface area contributed by atoms with Gasteiger partial charge < -0.3 is 9.29 Å². The van der Waals surface area contributed by atoms with E-state index in [9.17, 15) is 26.0 Å². The Kier molecular flexibility index (Phi) is 4.94. The standard InChI is InChI=1S/C19H18F2N2O5S2/c1-10-9-11(3-4-12(10)19(7-8-19)29(24)25)15-14(30(2,26)27)6-5-13-16(15)17(23-22-13)28-18(20)21/h3-6,9,18H,7-8H2,1-2H3,(H,22,23)(H,24,25). The number of aromatic amines is 1. The predicted molar refractivity (Wildman–Crippen MR) is 108 cm³/mol. The zero-order valence-electron chi connectivity index (χ0n) is 16.0. The Hall–Kier alpha value is -2.37. The SMILES string of the molecule is Cc1cc(-c2c(S(C)(=O)=O)ccc3[nH]nc(OC(F)F)c23)ccc1C1(S(=O)O)CC1. The van der Waals surface area contributed by atoms with E-state index in [2.05, 4.69) is 14.9 Å². The molecular weight excluding hydrogens is 438 g/mol. The molecule has 2 N–H and O–H groups in total. The Labute approximate surface area is 173 Å². The molecule has 1 aromatic heterocycles. The summed E-state index contributed by atoms with van der Waals surface area (Å²) in [4.78, 5) is -0.0606. The van der Waals surface area contributed by atoms with Gasteiger partial charge in [-0.15, -0.1) is 5.10 Å². The second-order valence-corrected chi connectivity index (χ2v) is 10.6. The van der Waals surface area contributed by atoms with Gasteiger partial charge in [-0.3, -0.25) is 5.10 Å². The molecule has 0 spiro atoms. The van der Waals surface area contributed by atoms with Crippen LogP contribution in [-0.2, 0) is 25.7 Å². The lowest BCUT2D eigenvalue weighted by Gasteiger charge is -2.17. The van der Waals surface area contributed by atoms with E-state index in [0.717, 1.165) is 6.26 Å². The van der Waals surface area contributed by atoms with Crippen LogP contribution in [0.3, 0.4) is 0 Å². The molecule has 0 radical (unpaired) electrons. The number of hydrogen-bond acceptors (Lipinski definition) is 5. The first-order valence-corrected chi connectivity index (χ1v) is 11.9. The van der Waals surface area contributed by atoms with Crippen molar-refractivity contribution in [1.82, 2.24) is 10.2 Å². The number of nitrogens with zero attached hydrogens (tertiary/aromatic N) is 1. The fourth-order valence-corrected chi connectivity index (χ4v) is 5.59. The lowest BCUT2D eigenvalue weighted by atomic mass is 9.95. The molecule has 1 saturated carbocycles. The van der Waals surface area contributed by atoms with Crippen LogP contribution in [0.2, 0.25) is 0 Å². The van der Waals surface area contributed by atoms with Crippen molar-refractivity contribution in [1.29, 1.82) is 0 Å². The Morgan fingerprint density at radius 2 is 1.97 bits per heavy atom. The number of benzene rings is 2. The zero-order chi connectivity index (χ0) is 21.8. The quantitative estimate of drug-likeness (QED) is 0.547. The number of alkyl halides is 2. The zero-order valence-corrected chi connectivity index (χ0v) is 17.6. The number of fused-ring (bicyclic) bond motifs is 1. The van der Waals surface area contributed by atoms with Crippen molar-refractivity contribution < 1.29 is 30.7 Å². The summed E-state index contributed by atoms with van der Waals surface area (Å²) in [7, 11) is -3.72. The molecule has 0 amide bonds. The van der Waals surface area contributed by atoms with E-state index in [1.54, 1.807) is 25.1 Å². The minimum Gasteiger partial charge on any atom is -0.415 e. The average molecular weight is 456 g/mol. The van der Waals surface area contributed by atoms with Gasteiger partial charge in [-0.1, -0.05) is 18.2 Å². The molecule has 7 nitrogen and oxygen atoms in total. The van der Waals surface area contributed by atoms with E-state index in [1.165, 1.54) is 12.1 Å². The predicted octanol–water partition coefficient (Wildman–Crippen LogP) is 3.75. The van der Waals surface area contributed by atoms with Crippen LogP contribution in [0.5, 0.6) is 5.88 Å². The molecule has 1 aliphatic carbocycles. The molecule has 11 heteroatoms. The van der Waals surface area contributed by atoms with E-state index in [4.69, 9.17) is 0 Å². The molecule has 4 rings (SSSR count). The van der Waals surface area contributed by atoms with Crippen molar-refractivity contribution >= 4 is 31.8 Å². The van der Waals surface area contributed by atoms with Crippen molar-refractivity contribution in [2.45, 2.75) is 36.0 Å². The van der Waals surface area contributed by atoms with E-state index < -0.39 is 38.2 Å². The topological polar surface area (TPSA) is 109 Å². The summed E-state index contributed by atoms with van der Waals surface area (Å²) >= 11 is -2.04. The summed E-state index contributed by atoms with van der Waals surface area (Å²) in [6.45, 7) is -1.37. The molecule has 0 bridgehead atoms. The molecule has 3 aromatic rings. The van der Waals surface area contributed by atoms with Gasteiger partial charge in [0.15, 0.2) is 20.9 Å². The van der Waals surface area contributed by atoms with Crippen molar-refractivity contribution in [3.8, 4) is 17.0 Å². The van der Waals surface area contributed by atoms with E-state index in [1.807, 2.05) is 0 Å². The number of ether oxygens (including phenoxy) is 1. The number of nitrogens with one attached hydrogen (secondary N) is 1. The highest BCUT2D eigenvalue weighted by molar-refractivity contribution is 7.90. The van der Waals surface area contributed by atoms with Crippen molar-refractivity contribution in [2.75, 3.05) is 6.26 Å². The van der Waals surface area contributed by atoms with Crippen LogP contribution in [-0.4, -0.2) is 40.2 Å². The molecule has 160 valence electrons. The molecule has 0 aliphatic heterocycles. The van der Waals surface area contributed by atoms with Gasteiger partial charge in [0.2, 0.25) is 5.88 Å². The molecule has 0 saturated heterocycles. The highest BCUT2D eigenvalue weighted by atomic mass is 32.2. The smallest absolute Gasteiger partial charge is 0.388 e. The molecule has 30 heavy (non-hydrogen) atoms. The Morgan fingerprint density at radius 3 is 2.50 bits per heavy atom. The number of halogens is 2.